The van der Waals surface area contributed by atoms with Crippen molar-refractivity contribution in [1.82, 2.24) is 10.2 Å². The van der Waals surface area contributed by atoms with Crippen molar-refractivity contribution in [3.05, 3.63) is 47.7 Å². The second-order valence-electron chi connectivity index (χ2n) is 5.43. The maximum Gasteiger partial charge on any atom is 0.341 e. The van der Waals surface area contributed by atoms with Crippen molar-refractivity contribution in [1.29, 1.82) is 0 Å². The summed E-state index contributed by atoms with van der Waals surface area (Å²) in [5.74, 6) is -0.578. The predicted octanol–water partition coefficient (Wildman–Crippen LogP) is 3.26. The Morgan fingerprint density at radius 1 is 1.15 bits per heavy atom. The third kappa shape index (κ3) is 3.12. The molecule has 2 rings (SSSR count). The van der Waals surface area contributed by atoms with Gasteiger partial charge in [-0.05, 0) is 29.2 Å². The second kappa shape index (κ2) is 5.28. The summed E-state index contributed by atoms with van der Waals surface area (Å²) < 4.78 is 5.48. The molecule has 1 heterocycles. The van der Waals surface area contributed by atoms with Gasteiger partial charge < -0.3 is 9.84 Å². The summed E-state index contributed by atoms with van der Waals surface area (Å²) in [4.78, 5) is 11.0. The van der Waals surface area contributed by atoms with E-state index >= 15 is 0 Å². The zero-order valence-corrected chi connectivity index (χ0v) is 11.6. The van der Waals surface area contributed by atoms with Crippen LogP contribution in [0.2, 0.25) is 0 Å². The molecule has 0 spiro atoms. The van der Waals surface area contributed by atoms with Crippen LogP contribution in [0, 0.1) is 0 Å². The maximum atomic E-state index is 11.0. The summed E-state index contributed by atoms with van der Waals surface area (Å²) in [6, 6.07) is 8.84. The van der Waals surface area contributed by atoms with Crippen LogP contribution in [0.15, 0.2) is 36.5 Å². The van der Waals surface area contributed by atoms with Gasteiger partial charge in [-0.2, -0.15) is 5.10 Å². The molecule has 20 heavy (non-hydrogen) atoms. The van der Waals surface area contributed by atoms with Crippen molar-refractivity contribution in [2.75, 3.05) is 0 Å². The van der Waals surface area contributed by atoms with E-state index < -0.39 is 5.97 Å². The Labute approximate surface area is 117 Å². The molecule has 1 aromatic heterocycles. The Morgan fingerprint density at radius 2 is 1.80 bits per heavy atom. The monoisotopic (exact) mass is 272 g/mol. The number of rotatable bonds is 3. The largest absolute Gasteiger partial charge is 0.477 e. The molecule has 5 heteroatoms. The Hall–Kier alpha value is -2.43. The third-order valence-corrected chi connectivity index (χ3v) is 2.85. The molecular weight excluding hydrogens is 256 g/mol. The van der Waals surface area contributed by atoms with E-state index in [0.717, 1.165) is 0 Å². The summed E-state index contributed by atoms with van der Waals surface area (Å²) in [5, 5.41) is 16.4. The van der Waals surface area contributed by atoms with Gasteiger partial charge >= 0.3 is 5.97 Å². The lowest BCUT2D eigenvalue weighted by molar-refractivity contribution is 0.0693. The van der Waals surface area contributed by atoms with Crippen LogP contribution in [-0.4, -0.2) is 21.3 Å². The number of hydrogen-bond donors (Lipinski definition) is 1. The minimum Gasteiger partial charge on any atom is -0.477 e. The van der Waals surface area contributed by atoms with Gasteiger partial charge in [-0.15, -0.1) is 5.10 Å². The predicted molar refractivity (Wildman–Crippen MR) is 74.2 cm³/mol. The van der Waals surface area contributed by atoms with Crippen LogP contribution in [0.1, 0.15) is 36.7 Å². The fourth-order valence-corrected chi connectivity index (χ4v) is 1.69. The van der Waals surface area contributed by atoms with Crippen LogP contribution in [0.5, 0.6) is 11.6 Å². The van der Waals surface area contributed by atoms with Crippen molar-refractivity contribution in [2.24, 2.45) is 0 Å². The normalized spacial score (nSPS) is 11.2. The number of nitrogens with zero attached hydrogens (tertiary/aromatic N) is 2. The average Bonchev–Trinajstić information content (AvgIpc) is 2.38. The van der Waals surface area contributed by atoms with Gasteiger partial charge in [0.2, 0.25) is 0 Å². The van der Waals surface area contributed by atoms with Gasteiger partial charge in [0, 0.05) is 0 Å². The minimum atomic E-state index is -1.10. The van der Waals surface area contributed by atoms with E-state index in [4.69, 9.17) is 9.84 Å². The van der Waals surface area contributed by atoms with Crippen LogP contribution >= 0.6 is 0 Å². The molecule has 1 N–H and O–H groups in total. The Balaban J connectivity index is 2.25. The molecule has 0 fully saturated rings. The SMILES string of the molecule is CC(C)(C)c1ccc(Oc2nnccc2C(=O)O)cc1. The number of ether oxygens (including phenoxy) is 1. The number of carboxylic acids is 1. The molecule has 104 valence electrons. The first-order valence-corrected chi connectivity index (χ1v) is 6.21. The quantitative estimate of drug-likeness (QED) is 0.928. The van der Waals surface area contributed by atoms with E-state index in [1.807, 2.05) is 12.1 Å². The molecule has 0 unspecified atom stereocenters. The summed E-state index contributed by atoms with van der Waals surface area (Å²) in [5.41, 5.74) is 1.21. The summed E-state index contributed by atoms with van der Waals surface area (Å²) in [6.45, 7) is 6.36. The number of carbonyl (C=O) groups is 1. The minimum absolute atomic E-state index is 0.0106. The highest BCUT2D eigenvalue weighted by Gasteiger charge is 2.15. The molecule has 0 amide bonds. The summed E-state index contributed by atoms with van der Waals surface area (Å²) in [7, 11) is 0. The van der Waals surface area contributed by atoms with Crippen LogP contribution in [0.25, 0.3) is 0 Å². The lowest BCUT2D eigenvalue weighted by Crippen LogP contribution is -2.10. The molecular formula is C15H16N2O3. The molecule has 0 aliphatic rings. The fraction of sp³-hybridized carbons (Fsp3) is 0.267. The molecule has 0 aliphatic heterocycles. The van der Waals surface area contributed by atoms with Crippen molar-refractivity contribution in [3.8, 4) is 11.6 Å². The number of aromatic nitrogens is 2. The van der Waals surface area contributed by atoms with E-state index in [1.165, 1.54) is 17.8 Å². The van der Waals surface area contributed by atoms with Gasteiger partial charge in [-0.3, -0.25) is 0 Å². The Kier molecular flexibility index (Phi) is 3.70. The van der Waals surface area contributed by atoms with E-state index in [1.54, 1.807) is 12.1 Å². The lowest BCUT2D eigenvalue weighted by Gasteiger charge is -2.19. The highest BCUT2D eigenvalue weighted by Crippen LogP contribution is 2.27. The first-order valence-electron chi connectivity index (χ1n) is 6.21. The van der Waals surface area contributed by atoms with Gasteiger partial charge in [-0.1, -0.05) is 32.9 Å². The summed E-state index contributed by atoms with van der Waals surface area (Å²) >= 11 is 0. The number of aromatic carboxylic acids is 1. The smallest absolute Gasteiger partial charge is 0.341 e. The Morgan fingerprint density at radius 3 is 2.35 bits per heavy atom. The first kappa shape index (κ1) is 14.0. The van der Waals surface area contributed by atoms with Crippen molar-refractivity contribution in [3.63, 3.8) is 0 Å². The van der Waals surface area contributed by atoms with Crippen molar-refractivity contribution >= 4 is 5.97 Å². The summed E-state index contributed by atoms with van der Waals surface area (Å²) in [6.07, 6.45) is 1.32. The third-order valence-electron chi connectivity index (χ3n) is 2.85. The van der Waals surface area contributed by atoms with Crippen LogP contribution < -0.4 is 4.74 Å². The van der Waals surface area contributed by atoms with Gasteiger partial charge in [0.1, 0.15) is 11.3 Å². The molecule has 0 saturated carbocycles. The molecule has 0 atom stereocenters. The van der Waals surface area contributed by atoms with E-state index in [2.05, 4.69) is 31.0 Å². The van der Waals surface area contributed by atoms with Crippen LogP contribution in [0.3, 0.4) is 0 Å². The van der Waals surface area contributed by atoms with E-state index in [0.29, 0.717) is 5.75 Å². The molecule has 2 aromatic rings. The lowest BCUT2D eigenvalue weighted by atomic mass is 9.87. The Bertz CT molecular complexity index is 616. The zero-order valence-electron chi connectivity index (χ0n) is 11.6. The van der Waals surface area contributed by atoms with E-state index in [9.17, 15) is 4.79 Å². The van der Waals surface area contributed by atoms with Gasteiger partial charge in [0.25, 0.3) is 5.88 Å². The molecule has 1 aromatic carbocycles. The highest BCUT2D eigenvalue weighted by atomic mass is 16.5. The first-order chi connectivity index (χ1) is 9.38. The average molecular weight is 272 g/mol. The van der Waals surface area contributed by atoms with Gasteiger partial charge in [0.15, 0.2) is 0 Å². The molecule has 0 saturated heterocycles. The molecule has 0 radical (unpaired) electrons. The van der Waals surface area contributed by atoms with Gasteiger partial charge in [0.05, 0.1) is 6.20 Å². The highest BCUT2D eigenvalue weighted by molar-refractivity contribution is 5.90. The molecule has 0 bridgehead atoms. The second-order valence-corrected chi connectivity index (χ2v) is 5.43. The number of carboxylic acid groups (broad SMARTS) is 1. The van der Waals surface area contributed by atoms with Gasteiger partial charge in [-0.25, -0.2) is 4.79 Å². The zero-order chi connectivity index (χ0) is 14.8. The van der Waals surface area contributed by atoms with Crippen LogP contribution in [-0.2, 0) is 5.41 Å². The maximum absolute atomic E-state index is 11.0. The van der Waals surface area contributed by atoms with Crippen molar-refractivity contribution in [2.45, 2.75) is 26.2 Å². The number of benzene rings is 1. The van der Waals surface area contributed by atoms with Crippen LogP contribution in [0.4, 0.5) is 0 Å². The van der Waals surface area contributed by atoms with Crippen molar-refractivity contribution < 1.29 is 14.6 Å². The fourth-order valence-electron chi connectivity index (χ4n) is 1.69. The van der Waals surface area contributed by atoms with E-state index in [-0.39, 0.29) is 16.9 Å². The topological polar surface area (TPSA) is 72.3 Å². The molecule has 0 aliphatic carbocycles. The standard InChI is InChI=1S/C15H16N2O3/c1-15(2,3)10-4-6-11(7-5-10)20-13-12(14(18)19)8-9-16-17-13/h4-9H,1-3H3,(H,18,19). The number of hydrogen-bond acceptors (Lipinski definition) is 4. The molecule has 5 nitrogen and oxygen atoms in total.